The molecule has 10 heteroatoms. The van der Waals surface area contributed by atoms with Crippen LogP contribution in [-0.4, -0.2) is 48.7 Å². The molecule has 0 atom stereocenters. The van der Waals surface area contributed by atoms with Crippen LogP contribution >= 0.6 is 11.6 Å². The predicted molar refractivity (Wildman–Crippen MR) is 139 cm³/mol. The summed E-state index contributed by atoms with van der Waals surface area (Å²) >= 11 is 6.26. The smallest absolute Gasteiger partial charge is 0.306 e. The average molecular weight is 547 g/mol. The van der Waals surface area contributed by atoms with Gasteiger partial charge in [-0.25, -0.2) is 4.39 Å². The van der Waals surface area contributed by atoms with Crippen molar-refractivity contribution in [2.24, 2.45) is 11.8 Å². The van der Waals surface area contributed by atoms with E-state index >= 15 is 0 Å². The Morgan fingerprint density at radius 3 is 2.26 bits per heavy atom. The van der Waals surface area contributed by atoms with E-state index in [1.54, 1.807) is 18.2 Å². The molecule has 0 spiro atoms. The van der Waals surface area contributed by atoms with E-state index in [0.29, 0.717) is 60.3 Å². The maximum atomic E-state index is 14.6. The quantitative estimate of drug-likeness (QED) is 0.348. The summed E-state index contributed by atoms with van der Waals surface area (Å²) in [5.74, 6) is -1.43. The van der Waals surface area contributed by atoms with Crippen molar-refractivity contribution in [2.45, 2.75) is 51.0 Å². The van der Waals surface area contributed by atoms with Crippen LogP contribution in [-0.2, 0) is 4.79 Å². The second kappa shape index (κ2) is 13.0. The standard InChI is InChI=1S/C28H32ClFN2O6/c29-23-14-19(6-11-25(23)37-16-17-2-1-3-17)26(33)31-12-13-32-27(34)22-10-9-21(15-24(22)30)38-20-7-4-18(5-8-20)28(35)36/h6,9-11,14-15,17-18,20H,1-5,7-8,12-13,16H2,(H,31,33)(H,32,34)(H,35,36)/t18-,20+. The number of aliphatic carboxylic acids is 1. The molecule has 0 unspecified atom stereocenters. The number of ether oxygens (including phenoxy) is 2. The molecule has 0 saturated heterocycles. The Hall–Kier alpha value is -3.33. The van der Waals surface area contributed by atoms with Gasteiger partial charge in [-0.05, 0) is 74.8 Å². The van der Waals surface area contributed by atoms with Crippen LogP contribution in [0.15, 0.2) is 36.4 Å². The summed E-state index contributed by atoms with van der Waals surface area (Å²) < 4.78 is 26.1. The molecule has 0 bridgehead atoms. The third-order valence-corrected chi connectivity index (χ3v) is 7.40. The first-order chi connectivity index (χ1) is 18.3. The Balaban J connectivity index is 1.19. The first-order valence-electron chi connectivity index (χ1n) is 13.0. The number of hydrogen-bond acceptors (Lipinski definition) is 5. The van der Waals surface area contributed by atoms with Crippen LogP contribution in [0.25, 0.3) is 0 Å². The minimum Gasteiger partial charge on any atom is -0.492 e. The third kappa shape index (κ3) is 7.37. The molecule has 0 radical (unpaired) electrons. The maximum absolute atomic E-state index is 14.6. The second-order valence-electron chi connectivity index (χ2n) is 9.84. The van der Waals surface area contributed by atoms with E-state index < -0.39 is 17.7 Å². The Bertz CT molecular complexity index is 1160. The van der Waals surface area contributed by atoms with Crippen molar-refractivity contribution in [3.63, 3.8) is 0 Å². The second-order valence-corrected chi connectivity index (χ2v) is 10.2. The normalized spacial score (nSPS) is 19.2. The van der Waals surface area contributed by atoms with Gasteiger partial charge in [-0.1, -0.05) is 18.0 Å². The molecule has 2 fully saturated rings. The summed E-state index contributed by atoms with van der Waals surface area (Å²) in [4.78, 5) is 35.9. The first-order valence-corrected chi connectivity index (χ1v) is 13.4. The van der Waals surface area contributed by atoms with Crippen molar-refractivity contribution in [3.05, 3.63) is 58.4 Å². The highest BCUT2D eigenvalue weighted by Crippen LogP contribution is 2.31. The Labute approximate surface area is 225 Å². The van der Waals surface area contributed by atoms with Crippen molar-refractivity contribution in [2.75, 3.05) is 19.7 Å². The van der Waals surface area contributed by atoms with E-state index in [1.165, 1.54) is 31.4 Å². The Morgan fingerprint density at radius 1 is 0.947 bits per heavy atom. The van der Waals surface area contributed by atoms with Crippen molar-refractivity contribution < 1.29 is 33.4 Å². The summed E-state index contributed by atoms with van der Waals surface area (Å²) in [7, 11) is 0. The van der Waals surface area contributed by atoms with Gasteiger partial charge in [-0.15, -0.1) is 0 Å². The molecule has 2 aromatic carbocycles. The fourth-order valence-electron chi connectivity index (χ4n) is 4.55. The first kappa shape index (κ1) is 27.7. The molecule has 0 aliphatic heterocycles. The largest absolute Gasteiger partial charge is 0.492 e. The summed E-state index contributed by atoms with van der Waals surface area (Å²) in [6.07, 6.45) is 5.59. The number of amides is 2. The molecule has 0 heterocycles. The number of benzene rings is 2. The molecule has 8 nitrogen and oxygen atoms in total. The molecular formula is C28H32ClFN2O6. The van der Waals surface area contributed by atoms with Crippen LogP contribution in [0.1, 0.15) is 65.7 Å². The van der Waals surface area contributed by atoms with E-state index in [-0.39, 0.29) is 36.6 Å². The lowest BCUT2D eigenvalue weighted by molar-refractivity contribution is -0.143. The highest BCUT2D eigenvalue weighted by atomic mass is 35.5. The molecule has 2 amide bonds. The van der Waals surface area contributed by atoms with Gasteiger partial charge in [0, 0.05) is 24.7 Å². The van der Waals surface area contributed by atoms with Gasteiger partial charge in [0.05, 0.1) is 29.2 Å². The fourth-order valence-corrected chi connectivity index (χ4v) is 4.78. The van der Waals surface area contributed by atoms with Crippen LogP contribution in [0.4, 0.5) is 4.39 Å². The third-order valence-electron chi connectivity index (χ3n) is 7.10. The molecule has 204 valence electrons. The number of halogens is 2. The number of carboxylic acid groups (broad SMARTS) is 1. The van der Waals surface area contributed by atoms with Crippen molar-refractivity contribution in [1.29, 1.82) is 0 Å². The lowest BCUT2D eigenvalue weighted by Gasteiger charge is -2.26. The van der Waals surface area contributed by atoms with Crippen LogP contribution < -0.4 is 20.1 Å². The zero-order valence-corrected chi connectivity index (χ0v) is 21.8. The van der Waals surface area contributed by atoms with Gasteiger partial charge in [0.25, 0.3) is 11.8 Å². The highest BCUT2D eigenvalue weighted by Gasteiger charge is 2.27. The molecule has 2 aromatic rings. The Kier molecular flexibility index (Phi) is 9.44. The Morgan fingerprint density at radius 2 is 1.66 bits per heavy atom. The van der Waals surface area contributed by atoms with Crippen LogP contribution in [0, 0.1) is 17.7 Å². The van der Waals surface area contributed by atoms with Gasteiger partial charge in [0.15, 0.2) is 0 Å². The maximum Gasteiger partial charge on any atom is 0.306 e. The average Bonchev–Trinajstić information content (AvgIpc) is 2.86. The molecule has 2 saturated carbocycles. The van der Waals surface area contributed by atoms with Crippen molar-refractivity contribution in [3.8, 4) is 11.5 Å². The van der Waals surface area contributed by atoms with Crippen LogP contribution in [0.3, 0.4) is 0 Å². The van der Waals surface area contributed by atoms with Crippen LogP contribution in [0.5, 0.6) is 11.5 Å². The lowest BCUT2D eigenvalue weighted by Crippen LogP contribution is -2.35. The molecular weight excluding hydrogens is 515 g/mol. The van der Waals surface area contributed by atoms with E-state index in [1.807, 2.05) is 0 Å². The van der Waals surface area contributed by atoms with Gasteiger partial charge >= 0.3 is 5.97 Å². The zero-order valence-electron chi connectivity index (χ0n) is 21.0. The molecule has 3 N–H and O–H groups in total. The van der Waals surface area contributed by atoms with Gasteiger partial charge in [-0.2, -0.15) is 0 Å². The molecule has 2 aliphatic rings. The number of carbonyl (C=O) groups is 3. The van der Waals surface area contributed by atoms with Crippen molar-refractivity contribution in [1.82, 2.24) is 10.6 Å². The van der Waals surface area contributed by atoms with E-state index in [0.717, 1.165) is 6.07 Å². The van der Waals surface area contributed by atoms with Crippen molar-refractivity contribution >= 4 is 29.4 Å². The van der Waals surface area contributed by atoms with E-state index in [4.69, 9.17) is 26.2 Å². The SMILES string of the molecule is O=C(NCCNC(=O)c1ccc(O[C@H]2CC[C@@H](C(=O)O)CC2)cc1F)c1ccc(OCC2CCC2)c(Cl)c1. The molecule has 2 aliphatic carbocycles. The fraction of sp³-hybridized carbons (Fsp3) is 0.464. The molecule has 38 heavy (non-hydrogen) atoms. The van der Waals surface area contributed by atoms with E-state index in [9.17, 15) is 18.8 Å². The number of nitrogens with one attached hydrogen (secondary N) is 2. The van der Waals surface area contributed by atoms with Gasteiger partial charge in [0.1, 0.15) is 17.3 Å². The van der Waals surface area contributed by atoms with Gasteiger partial charge in [0.2, 0.25) is 0 Å². The number of hydrogen-bond donors (Lipinski definition) is 3. The highest BCUT2D eigenvalue weighted by molar-refractivity contribution is 6.32. The topological polar surface area (TPSA) is 114 Å². The predicted octanol–water partition coefficient (Wildman–Crippen LogP) is 4.84. The minimum absolute atomic E-state index is 0.103. The van der Waals surface area contributed by atoms with Crippen LogP contribution in [0.2, 0.25) is 5.02 Å². The van der Waals surface area contributed by atoms with E-state index in [2.05, 4.69) is 10.6 Å². The summed E-state index contributed by atoms with van der Waals surface area (Å²) in [6, 6.07) is 8.87. The molecule has 4 rings (SSSR count). The summed E-state index contributed by atoms with van der Waals surface area (Å²) in [5.41, 5.74) is 0.234. The molecule has 0 aromatic heterocycles. The summed E-state index contributed by atoms with van der Waals surface area (Å²) in [6.45, 7) is 0.867. The minimum atomic E-state index is -0.799. The van der Waals surface area contributed by atoms with Gasteiger partial charge in [-0.3, -0.25) is 14.4 Å². The number of carbonyl (C=O) groups excluding carboxylic acids is 2. The van der Waals surface area contributed by atoms with Gasteiger partial charge < -0.3 is 25.2 Å². The number of rotatable bonds is 11. The zero-order chi connectivity index (χ0) is 27.1. The lowest BCUT2D eigenvalue weighted by atomic mass is 9.86. The monoisotopic (exact) mass is 546 g/mol. The summed E-state index contributed by atoms with van der Waals surface area (Å²) in [5, 5.41) is 14.7. The number of carboxylic acids is 1.